The van der Waals surface area contributed by atoms with Crippen LogP contribution >= 0.6 is 0 Å². The Bertz CT molecular complexity index is 809. The van der Waals surface area contributed by atoms with Gasteiger partial charge >= 0.3 is 6.03 Å². The second kappa shape index (κ2) is 9.04. The van der Waals surface area contributed by atoms with Gasteiger partial charge in [-0.2, -0.15) is 0 Å². The molecule has 2 aliphatic rings. The van der Waals surface area contributed by atoms with Crippen molar-refractivity contribution in [2.24, 2.45) is 5.92 Å². The van der Waals surface area contributed by atoms with Crippen molar-refractivity contribution in [3.05, 3.63) is 23.8 Å². The Labute approximate surface area is 177 Å². The van der Waals surface area contributed by atoms with Crippen molar-refractivity contribution in [3.8, 4) is 11.5 Å². The zero-order valence-corrected chi connectivity index (χ0v) is 18.1. The van der Waals surface area contributed by atoms with Gasteiger partial charge in [-0.3, -0.25) is 19.8 Å². The number of ketones is 1. The number of amides is 3. The molecule has 3 amide bonds. The minimum absolute atomic E-state index is 0.0910. The Kier molecular flexibility index (Phi) is 6.65. The molecule has 1 aromatic rings. The number of nitrogens with one attached hydrogen (secondary N) is 2. The molecule has 0 spiro atoms. The largest absolute Gasteiger partial charge is 0.486 e. The molecule has 1 atom stereocenters. The normalized spacial score (nSPS) is 18.4. The van der Waals surface area contributed by atoms with E-state index < -0.39 is 17.6 Å². The summed E-state index contributed by atoms with van der Waals surface area (Å²) in [5, 5.41) is 5.12. The van der Waals surface area contributed by atoms with Gasteiger partial charge in [0.05, 0.1) is 6.04 Å². The number of hydrogen-bond donors (Lipinski definition) is 2. The number of piperidine rings is 1. The minimum atomic E-state index is -0.497. The van der Waals surface area contributed by atoms with Gasteiger partial charge in [-0.1, -0.05) is 0 Å². The third kappa shape index (κ3) is 5.50. The highest BCUT2D eigenvalue weighted by molar-refractivity contribution is 5.99. The number of fused-ring (bicyclic) bond motifs is 1. The van der Waals surface area contributed by atoms with Crippen LogP contribution in [-0.4, -0.2) is 60.5 Å². The zero-order valence-electron chi connectivity index (χ0n) is 18.1. The van der Waals surface area contributed by atoms with Gasteiger partial charge in [0.2, 0.25) is 5.91 Å². The molecule has 8 nitrogen and oxygen atoms in total. The fourth-order valence-electron chi connectivity index (χ4n) is 3.74. The van der Waals surface area contributed by atoms with E-state index in [-0.39, 0.29) is 17.6 Å². The van der Waals surface area contributed by atoms with Crippen LogP contribution in [0, 0.1) is 5.92 Å². The van der Waals surface area contributed by atoms with Crippen LogP contribution in [0.4, 0.5) is 4.79 Å². The molecule has 2 aliphatic heterocycles. The summed E-state index contributed by atoms with van der Waals surface area (Å²) in [5.41, 5.74) is 0.211. The summed E-state index contributed by atoms with van der Waals surface area (Å²) < 4.78 is 11.1. The van der Waals surface area contributed by atoms with Gasteiger partial charge in [-0.05, 0) is 71.8 Å². The van der Waals surface area contributed by atoms with Crippen LogP contribution in [0.1, 0.15) is 50.9 Å². The summed E-state index contributed by atoms with van der Waals surface area (Å²) in [7, 11) is 0. The van der Waals surface area contributed by atoms with Crippen LogP contribution in [0.3, 0.4) is 0 Å². The predicted molar refractivity (Wildman–Crippen MR) is 112 cm³/mol. The zero-order chi connectivity index (χ0) is 21.9. The molecule has 0 aliphatic carbocycles. The van der Waals surface area contributed by atoms with Crippen LogP contribution in [-0.2, 0) is 4.79 Å². The number of hydrogen-bond acceptors (Lipinski definition) is 6. The van der Waals surface area contributed by atoms with E-state index in [1.165, 1.54) is 0 Å². The second-order valence-electron chi connectivity index (χ2n) is 8.90. The number of carbonyl (C=O) groups is 3. The van der Waals surface area contributed by atoms with Crippen LogP contribution < -0.4 is 20.1 Å². The van der Waals surface area contributed by atoms with Gasteiger partial charge in [0.15, 0.2) is 17.3 Å². The maximum absolute atomic E-state index is 12.9. The fraction of sp³-hybridized carbons (Fsp3) is 0.591. The van der Waals surface area contributed by atoms with Crippen molar-refractivity contribution in [3.63, 3.8) is 0 Å². The molecule has 0 saturated carbocycles. The summed E-state index contributed by atoms with van der Waals surface area (Å²) in [5.74, 6) is 0.941. The molecule has 1 fully saturated rings. The summed E-state index contributed by atoms with van der Waals surface area (Å²) in [4.78, 5) is 39.3. The average Bonchev–Trinajstić information content (AvgIpc) is 2.71. The van der Waals surface area contributed by atoms with E-state index in [0.29, 0.717) is 56.2 Å². The third-order valence-electron chi connectivity index (χ3n) is 5.38. The smallest absolute Gasteiger partial charge is 0.321 e. The molecule has 2 heterocycles. The molecule has 3 rings (SSSR count). The molecule has 8 heteroatoms. The SMILES string of the molecule is C[C@@H](C(=O)NC(=O)NC(C)(C)C)N1CCC(C(=O)c2ccc3c(c2)OCCO3)CC1. The average molecular weight is 418 g/mol. The van der Waals surface area contributed by atoms with Gasteiger partial charge in [0.1, 0.15) is 13.2 Å². The molecule has 0 bridgehead atoms. The Hall–Kier alpha value is -2.61. The van der Waals surface area contributed by atoms with E-state index in [0.717, 1.165) is 0 Å². The second-order valence-corrected chi connectivity index (χ2v) is 8.90. The molecule has 1 aromatic carbocycles. The lowest BCUT2D eigenvalue weighted by Gasteiger charge is -2.34. The molecule has 0 unspecified atom stereocenters. The van der Waals surface area contributed by atoms with E-state index in [1.807, 2.05) is 25.7 Å². The van der Waals surface area contributed by atoms with Crippen molar-refractivity contribution in [1.29, 1.82) is 0 Å². The van der Waals surface area contributed by atoms with Gasteiger partial charge in [0, 0.05) is 17.0 Å². The van der Waals surface area contributed by atoms with E-state index in [4.69, 9.17) is 9.47 Å². The standard InChI is InChI=1S/C22H31N3O5/c1-14(20(27)23-21(28)24-22(2,3)4)25-9-7-15(8-10-25)19(26)16-5-6-17-18(13-16)30-12-11-29-17/h5-6,13-15H,7-12H2,1-4H3,(H2,23,24,27,28)/t14-/m0/s1. The number of ether oxygens (including phenoxy) is 2. The summed E-state index contributed by atoms with van der Waals surface area (Å²) in [6, 6.07) is 4.38. The van der Waals surface area contributed by atoms with Crippen molar-refractivity contribution in [2.75, 3.05) is 26.3 Å². The first-order chi connectivity index (χ1) is 14.1. The first-order valence-electron chi connectivity index (χ1n) is 10.4. The lowest BCUT2D eigenvalue weighted by molar-refractivity contribution is -0.125. The highest BCUT2D eigenvalue weighted by Gasteiger charge is 2.31. The van der Waals surface area contributed by atoms with Gasteiger partial charge < -0.3 is 14.8 Å². The van der Waals surface area contributed by atoms with Crippen molar-refractivity contribution in [2.45, 2.75) is 52.1 Å². The summed E-state index contributed by atoms with van der Waals surface area (Å²) in [6.45, 7) is 9.58. The molecular weight excluding hydrogens is 386 g/mol. The molecule has 0 radical (unpaired) electrons. The Morgan fingerprint density at radius 1 is 1.07 bits per heavy atom. The number of urea groups is 1. The topological polar surface area (TPSA) is 97.0 Å². The number of rotatable bonds is 4. The number of likely N-dealkylation sites (tertiary alicyclic amines) is 1. The number of benzene rings is 1. The molecule has 0 aromatic heterocycles. The van der Waals surface area contributed by atoms with Crippen LogP contribution in [0.2, 0.25) is 0 Å². The number of carbonyl (C=O) groups excluding carboxylic acids is 3. The Morgan fingerprint density at radius 3 is 2.33 bits per heavy atom. The predicted octanol–water partition coefficient (Wildman–Crippen LogP) is 2.37. The van der Waals surface area contributed by atoms with Gasteiger partial charge in [-0.15, -0.1) is 0 Å². The van der Waals surface area contributed by atoms with Crippen molar-refractivity contribution >= 4 is 17.7 Å². The Balaban J connectivity index is 1.52. The molecule has 2 N–H and O–H groups in total. The van der Waals surface area contributed by atoms with E-state index >= 15 is 0 Å². The summed E-state index contributed by atoms with van der Waals surface area (Å²) in [6.07, 6.45) is 1.33. The minimum Gasteiger partial charge on any atom is -0.486 e. The van der Waals surface area contributed by atoms with Crippen LogP contribution in [0.5, 0.6) is 11.5 Å². The molecule has 164 valence electrons. The summed E-state index contributed by atoms with van der Waals surface area (Å²) >= 11 is 0. The van der Waals surface area contributed by atoms with E-state index in [1.54, 1.807) is 25.1 Å². The lowest BCUT2D eigenvalue weighted by atomic mass is 9.88. The van der Waals surface area contributed by atoms with Gasteiger partial charge in [-0.25, -0.2) is 4.79 Å². The highest BCUT2D eigenvalue weighted by atomic mass is 16.6. The third-order valence-corrected chi connectivity index (χ3v) is 5.38. The highest BCUT2D eigenvalue weighted by Crippen LogP contribution is 2.32. The molecular formula is C22H31N3O5. The lowest BCUT2D eigenvalue weighted by Crippen LogP contribution is -2.54. The molecule has 1 saturated heterocycles. The van der Waals surface area contributed by atoms with Crippen molar-refractivity contribution in [1.82, 2.24) is 15.5 Å². The quantitative estimate of drug-likeness (QED) is 0.730. The first-order valence-corrected chi connectivity index (χ1v) is 10.4. The maximum Gasteiger partial charge on any atom is 0.321 e. The fourth-order valence-corrected chi connectivity index (χ4v) is 3.74. The first kappa shape index (κ1) is 22.1. The molecule has 30 heavy (non-hydrogen) atoms. The number of nitrogens with zero attached hydrogens (tertiary/aromatic N) is 1. The number of Topliss-reactive ketones (excluding diaryl/α,β-unsaturated/α-hetero) is 1. The van der Waals surface area contributed by atoms with E-state index in [9.17, 15) is 14.4 Å². The van der Waals surface area contributed by atoms with Crippen LogP contribution in [0.15, 0.2) is 18.2 Å². The number of imide groups is 1. The maximum atomic E-state index is 12.9. The monoisotopic (exact) mass is 417 g/mol. The Morgan fingerprint density at radius 2 is 1.70 bits per heavy atom. The van der Waals surface area contributed by atoms with Gasteiger partial charge in [0.25, 0.3) is 0 Å². The van der Waals surface area contributed by atoms with Crippen LogP contribution in [0.25, 0.3) is 0 Å². The van der Waals surface area contributed by atoms with E-state index in [2.05, 4.69) is 10.6 Å². The van der Waals surface area contributed by atoms with Crippen molar-refractivity contribution < 1.29 is 23.9 Å².